The van der Waals surface area contributed by atoms with E-state index in [0.717, 1.165) is 5.56 Å². The van der Waals surface area contributed by atoms with E-state index in [0.29, 0.717) is 0 Å². The van der Waals surface area contributed by atoms with Crippen molar-refractivity contribution in [2.45, 2.75) is 13.3 Å². The monoisotopic (exact) mass is 193 g/mol. The Morgan fingerprint density at radius 3 is 2.50 bits per heavy atom. The van der Waals surface area contributed by atoms with Gasteiger partial charge in [0.2, 0.25) is 0 Å². The molecule has 0 fully saturated rings. The van der Waals surface area contributed by atoms with Crippen molar-refractivity contribution >= 4 is 11.9 Å². The summed E-state index contributed by atoms with van der Waals surface area (Å²) in [7, 11) is 0. The minimum Gasteiger partial charge on any atom is -0.341 e. The van der Waals surface area contributed by atoms with Crippen LogP contribution in [0.5, 0.6) is 0 Å². The number of nitrogens with one attached hydrogen (secondary N) is 1. The van der Waals surface area contributed by atoms with Crippen molar-refractivity contribution in [3.8, 4) is 0 Å². The Balaban J connectivity index is 2.38. The molecular weight excluding hydrogens is 182 g/mol. The van der Waals surface area contributed by atoms with E-state index in [1.165, 1.54) is 6.92 Å². The molecule has 1 N–H and O–H groups in total. The zero-order chi connectivity index (χ0) is 10.4. The maximum atomic E-state index is 11.1. The van der Waals surface area contributed by atoms with Gasteiger partial charge in [0, 0.05) is 6.92 Å². The lowest BCUT2D eigenvalue weighted by Crippen LogP contribution is -2.27. The molecule has 0 radical (unpaired) electrons. The normalized spacial score (nSPS) is 9.21. The Bertz CT molecular complexity index is 321. The molecule has 0 heterocycles. The molecular formula is C10H11NO3. The molecule has 0 unspecified atom stereocenters. The van der Waals surface area contributed by atoms with Crippen molar-refractivity contribution < 1.29 is 14.4 Å². The minimum absolute atomic E-state index is 0.202. The molecule has 0 aliphatic heterocycles. The first-order chi connectivity index (χ1) is 6.68. The highest BCUT2D eigenvalue weighted by molar-refractivity contribution is 5.79. The summed E-state index contributed by atoms with van der Waals surface area (Å²) in [6, 6.07) is 9.21. The molecule has 1 rings (SSSR count). The van der Waals surface area contributed by atoms with Gasteiger partial charge in [-0.05, 0) is 5.56 Å². The average molecular weight is 193 g/mol. The van der Waals surface area contributed by atoms with E-state index in [9.17, 15) is 9.59 Å². The molecule has 4 nitrogen and oxygen atoms in total. The summed E-state index contributed by atoms with van der Waals surface area (Å²) in [4.78, 5) is 25.8. The summed E-state index contributed by atoms with van der Waals surface area (Å²) >= 11 is 0. The van der Waals surface area contributed by atoms with E-state index >= 15 is 0 Å². The van der Waals surface area contributed by atoms with Crippen LogP contribution in [0.3, 0.4) is 0 Å². The third kappa shape index (κ3) is 3.71. The number of hydrogen-bond donors (Lipinski definition) is 1. The van der Waals surface area contributed by atoms with E-state index in [4.69, 9.17) is 0 Å². The van der Waals surface area contributed by atoms with Crippen LogP contribution in [0.25, 0.3) is 0 Å². The molecule has 0 atom stereocenters. The SMILES string of the molecule is CC(=O)ONC(=O)Cc1ccccc1. The summed E-state index contributed by atoms with van der Waals surface area (Å²) in [6.45, 7) is 1.22. The van der Waals surface area contributed by atoms with Gasteiger partial charge in [0.15, 0.2) is 0 Å². The Kier molecular flexibility index (Phi) is 3.67. The van der Waals surface area contributed by atoms with E-state index < -0.39 is 5.97 Å². The highest BCUT2D eigenvalue weighted by atomic mass is 16.7. The highest BCUT2D eigenvalue weighted by Crippen LogP contribution is 1.98. The largest absolute Gasteiger partial charge is 0.341 e. The zero-order valence-corrected chi connectivity index (χ0v) is 7.82. The third-order valence-corrected chi connectivity index (χ3v) is 1.52. The maximum absolute atomic E-state index is 11.1. The topological polar surface area (TPSA) is 55.4 Å². The van der Waals surface area contributed by atoms with Crippen molar-refractivity contribution in [3.05, 3.63) is 35.9 Å². The number of benzene rings is 1. The summed E-state index contributed by atoms with van der Waals surface area (Å²) in [5.74, 6) is -0.877. The molecule has 1 amide bonds. The van der Waals surface area contributed by atoms with Crippen LogP contribution in [0.4, 0.5) is 0 Å². The lowest BCUT2D eigenvalue weighted by Gasteiger charge is -2.02. The standard InChI is InChI=1S/C10H11NO3/c1-8(12)14-11-10(13)7-9-5-3-2-4-6-9/h2-6H,7H2,1H3,(H,11,13). The molecule has 0 bridgehead atoms. The van der Waals surface area contributed by atoms with Gasteiger partial charge in [-0.15, -0.1) is 0 Å². The Hall–Kier alpha value is -1.84. The first-order valence-electron chi connectivity index (χ1n) is 4.18. The van der Waals surface area contributed by atoms with Gasteiger partial charge in [0.05, 0.1) is 6.42 Å². The van der Waals surface area contributed by atoms with Crippen molar-refractivity contribution in [1.29, 1.82) is 0 Å². The average Bonchev–Trinajstić information content (AvgIpc) is 2.16. The molecule has 0 saturated carbocycles. The fraction of sp³-hybridized carbons (Fsp3) is 0.200. The molecule has 14 heavy (non-hydrogen) atoms. The predicted octanol–water partition coefficient (Wildman–Crippen LogP) is 0.823. The van der Waals surface area contributed by atoms with Crippen molar-refractivity contribution in [2.24, 2.45) is 0 Å². The number of hydroxylamine groups is 1. The third-order valence-electron chi connectivity index (χ3n) is 1.52. The summed E-state index contributed by atoms with van der Waals surface area (Å²) in [5, 5.41) is 0. The fourth-order valence-electron chi connectivity index (χ4n) is 0.946. The van der Waals surface area contributed by atoms with Gasteiger partial charge in [-0.2, -0.15) is 5.48 Å². The zero-order valence-electron chi connectivity index (χ0n) is 7.82. The number of carbonyl (C=O) groups excluding carboxylic acids is 2. The Labute approximate surface area is 81.8 Å². The van der Waals surface area contributed by atoms with Gasteiger partial charge in [-0.25, -0.2) is 0 Å². The van der Waals surface area contributed by atoms with Crippen LogP contribution in [-0.4, -0.2) is 11.9 Å². The molecule has 4 heteroatoms. The van der Waals surface area contributed by atoms with Crippen LogP contribution in [0, 0.1) is 0 Å². The summed E-state index contributed by atoms with van der Waals surface area (Å²) < 4.78 is 0. The lowest BCUT2D eigenvalue weighted by atomic mass is 10.1. The van der Waals surface area contributed by atoms with Gasteiger partial charge in [0.25, 0.3) is 5.91 Å². The quantitative estimate of drug-likeness (QED) is 0.707. The second-order valence-electron chi connectivity index (χ2n) is 2.78. The van der Waals surface area contributed by atoms with Crippen LogP contribution in [-0.2, 0) is 20.8 Å². The minimum atomic E-state index is -0.536. The molecule has 74 valence electrons. The lowest BCUT2D eigenvalue weighted by molar-refractivity contribution is -0.155. The number of rotatable bonds is 2. The molecule has 0 spiro atoms. The van der Waals surface area contributed by atoms with Gasteiger partial charge < -0.3 is 4.84 Å². The molecule has 0 aliphatic rings. The van der Waals surface area contributed by atoms with Crippen LogP contribution < -0.4 is 5.48 Å². The first-order valence-corrected chi connectivity index (χ1v) is 4.18. The molecule has 0 aliphatic carbocycles. The fourth-order valence-corrected chi connectivity index (χ4v) is 0.946. The summed E-state index contributed by atoms with van der Waals surface area (Å²) in [6.07, 6.45) is 0.202. The van der Waals surface area contributed by atoms with Gasteiger partial charge in [-0.3, -0.25) is 9.59 Å². The van der Waals surface area contributed by atoms with E-state index in [1.807, 2.05) is 35.8 Å². The number of hydrogen-bond acceptors (Lipinski definition) is 3. The summed E-state index contributed by atoms with van der Waals surface area (Å²) in [5.41, 5.74) is 2.91. The van der Waals surface area contributed by atoms with E-state index in [-0.39, 0.29) is 12.3 Å². The van der Waals surface area contributed by atoms with Crippen LogP contribution in [0.2, 0.25) is 0 Å². The van der Waals surface area contributed by atoms with Crippen LogP contribution >= 0.6 is 0 Å². The Morgan fingerprint density at radius 2 is 1.93 bits per heavy atom. The number of amides is 1. The van der Waals surface area contributed by atoms with Gasteiger partial charge in [-0.1, -0.05) is 30.3 Å². The Morgan fingerprint density at radius 1 is 1.29 bits per heavy atom. The second kappa shape index (κ2) is 5.01. The van der Waals surface area contributed by atoms with Gasteiger partial charge in [0.1, 0.15) is 0 Å². The van der Waals surface area contributed by atoms with Gasteiger partial charge >= 0.3 is 5.97 Å². The van der Waals surface area contributed by atoms with Crippen molar-refractivity contribution in [3.63, 3.8) is 0 Å². The van der Waals surface area contributed by atoms with Crippen molar-refractivity contribution in [1.82, 2.24) is 5.48 Å². The maximum Gasteiger partial charge on any atom is 0.329 e. The predicted molar refractivity (Wildman–Crippen MR) is 50.1 cm³/mol. The first kappa shape index (κ1) is 10.2. The van der Waals surface area contributed by atoms with Crippen molar-refractivity contribution in [2.75, 3.05) is 0 Å². The van der Waals surface area contributed by atoms with Crippen LogP contribution in [0.1, 0.15) is 12.5 Å². The molecule has 0 aromatic heterocycles. The van der Waals surface area contributed by atoms with Crippen LogP contribution in [0.15, 0.2) is 30.3 Å². The number of carbonyl (C=O) groups is 2. The molecule has 0 saturated heterocycles. The molecule has 1 aromatic carbocycles. The van der Waals surface area contributed by atoms with E-state index in [1.54, 1.807) is 0 Å². The smallest absolute Gasteiger partial charge is 0.329 e. The van der Waals surface area contributed by atoms with E-state index in [2.05, 4.69) is 4.84 Å². The molecule has 1 aromatic rings. The highest BCUT2D eigenvalue weighted by Gasteiger charge is 2.03. The second-order valence-corrected chi connectivity index (χ2v) is 2.78.